The molecular formula is C14H16O3. The van der Waals surface area contributed by atoms with Gasteiger partial charge in [-0.05, 0) is 23.3 Å². The van der Waals surface area contributed by atoms with Gasteiger partial charge in [-0.1, -0.05) is 24.3 Å². The highest BCUT2D eigenvalue weighted by Crippen LogP contribution is 2.19. The van der Waals surface area contributed by atoms with Crippen LogP contribution >= 0.6 is 0 Å². The number of aliphatic hydroxyl groups is 1. The minimum Gasteiger partial charge on any atom is -0.469 e. The zero-order valence-corrected chi connectivity index (χ0v) is 9.80. The van der Waals surface area contributed by atoms with Gasteiger partial charge in [0.15, 0.2) is 0 Å². The van der Waals surface area contributed by atoms with Gasteiger partial charge in [0.25, 0.3) is 0 Å². The Bertz CT molecular complexity index is 431. The second-order valence-electron chi connectivity index (χ2n) is 3.97. The van der Waals surface area contributed by atoms with Gasteiger partial charge >= 0.3 is 0 Å². The van der Waals surface area contributed by atoms with Gasteiger partial charge in [-0.2, -0.15) is 0 Å². The van der Waals surface area contributed by atoms with E-state index in [1.165, 1.54) is 0 Å². The fourth-order valence-electron chi connectivity index (χ4n) is 1.74. The third kappa shape index (κ3) is 3.19. The molecule has 1 aromatic carbocycles. The SMILES string of the molecule is COCc1ccc(C(O)Cc2ccco2)cc1. The Morgan fingerprint density at radius 2 is 2.00 bits per heavy atom. The van der Waals surface area contributed by atoms with Gasteiger partial charge in [0.2, 0.25) is 0 Å². The summed E-state index contributed by atoms with van der Waals surface area (Å²) < 4.78 is 10.2. The molecule has 17 heavy (non-hydrogen) atoms. The second-order valence-corrected chi connectivity index (χ2v) is 3.97. The summed E-state index contributed by atoms with van der Waals surface area (Å²) in [5.41, 5.74) is 1.99. The van der Waals surface area contributed by atoms with E-state index in [2.05, 4.69) is 0 Å². The molecule has 90 valence electrons. The van der Waals surface area contributed by atoms with Crippen LogP contribution in [0.15, 0.2) is 47.1 Å². The minimum absolute atomic E-state index is 0.497. The van der Waals surface area contributed by atoms with Crippen LogP contribution in [0.3, 0.4) is 0 Å². The van der Waals surface area contributed by atoms with Crippen molar-refractivity contribution < 1.29 is 14.3 Å². The van der Waals surface area contributed by atoms with Gasteiger partial charge in [-0.3, -0.25) is 0 Å². The molecule has 0 saturated heterocycles. The number of ether oxygens (including phenoxy) is 1. The molecule has 0 saturated carbocycles. The smallest absolute Gasteiger partial charge is 0.106 e. The molecule has 2 rings (SSSR count). The third-order valence-corrected chi connectivity index (χ3v) is 2.65. The molecule has 1 atom stereocenters. The monoisotopic (exact) mass is 232 g/mol. The fourth-order valence-corrected chi connectivity index (χ4v) is 1.74. The summed E-state index contributed by atoms with van der Waals surface area (Å²) in [5, 5.41) is 10.0. The van der Waals surface area contributed by atoms with Crippen molar-refractivity contribution in [1.29, 1.82) is 0 Å². The van der Waals surface area contributed by atoms with Crippen molar-refractivity contribution >= 4 is 0 Å². The van der Waals surface area contributed by atoms with E-state index in [1.54, 1.807) is 13.4 Å². The molecule has 1 aromatic heterocycles. The summed E-state index contributed by atoms with van der Waals surface area (Å²) in [6, 6.07) is 11.4. The molecule has 0 bridgehead atoms. The zero-order chi connectivity index (χ0) is 12.1. The summed E-state index contributed by atoms with van der Waals surface area (Å²) >= 11 is 0. The lowest BCUT2D eigenvalue weighted by atomic mass is 10.0. The van der Waals surface area contributed by atoms with Crippen LogP contribution in [0.25, 0.3) is 0 Å². The van der Waals surface area contributed by atoms with Crippen molar-refractivity contribution in [2.24, 2.45) is 0 Å². The average molecular weight is 232 g/mol. The van der Waals surface area contributed by atoms with Crippen LogP contribution in [0.4, 0.5) is 0 Å². The number of aliphatic hydroxyl groups excluding tert-OH is 1. The quantitative estimate of drug-likeness (QED) is 0.861. The molecule has 0 aliphatic heterocycles. The first-order valence-electron chi connectivity index (χ1n) is 5.58. The number of benzene rings is 1. The summed E-state index contributed by atoms with van der Waals surface area (Å²) in [5.74, 6) is 0.790. The highest BCUT2D eigenvalue weighted by atomic mass is 16.5. The van der Waals surface area contributed by atoms with Crippen LogP contribution in [-0.4, -0.2) is 12.2 Å². The fraction of sp³-hybridized carbons (Fsp3) is 0.286. The van der Waals surface area contributed by atoms with Crippen molar-refractivity contribution in [2.75, 3.05) is 7.11 Å². The Morgan fingerprint density at radius 1 is 1.24 bits per heavy atom. The Kier molecular flexibility index (Phi) is 3.96. The first-order valence-corrected chi connectivity index (χ1v) is 5.58. The van der Waals surface area contributed by atoms with E-state index in [1.807, 2.05) is 36.4 Å². The first kappa shape index (κ1) is 11.9. The highest BCUT2D eigenvalue weighted by Gasteiger charge is 2.10. The molecule has 0 aliphatic rings. The Hall–Kier alpha value is -1.58. The van der Waals surface area contributed by atoms with Crippen molar-refractivity contribution in [3.63, 3.8) is 0 Å². The van der Waals surface area contributed by atoms with Gasteiger partial charge in [-0.15, -0.1) is 0 Å². The largest absolute Gasteiger partial charge is 0.469 e. The van der Waals surface area contributed by atoms with Crippen molar-refractivity contribution in [3.8, 4) is 0 Å². The first-order chi connectivity index (χ1) is 8.29. The van der Waals surface area contributed by atoms with Crippen LogP contribution in [0.1, 0.15) is 23.0 Å². The standard InChI is InChI=1S/C14H16O3/c1-16-10-11-4-6-12(7-5-11)14(15)9-13-3-2-8-17-13/h2-8,14-15H,9-10H2,1H3. The molecule has 3 heteroatoms. The Morgan fingerprint density at radius 3 is 2.59 bits per heavy atom. The molecule has 3 nitrogen and oxygen atoms in total. The molecule has 0 amide bonds. The number of methoxy groups -OCH3 is 1. The number of hydrogen-bond donors (Lipinski definition) is 1. The molecule has 1 heterocycles. The second kappa shape index (κ2) is 5.66. The van der Waals surface area contributed by atoms with Crippen LogP contribution in [-0.2, 0) is 17.8 Å². The van der Waals surface area contributed by atoms with Gasteiger partial charge in [0.1, 0.15) is 5.76 Å². The lowest BCUT2D eigenvalue weighted by Crippen LogP contribution is -2.01. The normalized spacial score (nSPS) is 12.6. The van der Waals surface area contributed by atoms with E-state index in [9.17, 15) is 5.11 Å². The number of rotatable bonds is 5. The summed E-state index contributed by atoms with van der Waals surface area (Å²) in [6.45, 7) is 0.592. The highest BCUT2D eigenvalue weighted by molar-refractivity contribution is 5.24. The van der Waals surface area contributed by atoms with Crippen LogP contribution in [0, 0.1) is 0 Å². The lowest BCUT2D eigenvalue weighted by molar-refractivity contribution is 0.170. The van der Waals surface area contributed by atoms with Crippen molar-refractivity contribution in [1.82, 2.24) is 0 Å². The maximum absolute atomic E-state index is 10.0. The molecule has 0 spiro atoms. The maximum Gasteiger partial charge on any atom is 0.106 e. The summed E-state index contributed by atoms with van der Waals surface area (Å²) in [7, 11) is 1.67. The third-order valence-electron chi connectivity index (χ3n) is 2.65. The van der Waals surface area contributed by atoms with Crippen molar-refractivity contribution in [2.45, 2.75) is 19.1 Å². The van der Waals surface area contributed by atoms with Crippen LogP contribution in [0.2, 0.25) is 0 Å². The Balaban J connectivity index is 2.01. The predicted octanol–water partition coefficient (Wildman–Crippen LogP) is 2.70. The summed E-state index contributed by atoms with van der Waals surface area (Å²) in [4.78, 5) is 0. The van der Waals surface area contributed by atoms with E-state index in [0.717, 1.165) is 16.9 Å². The predicted molar refractivity (Wildman–Crippen MR) is 64.5 cm³/mol. The van der Waals surface area contributed by atoms with Gasteiger partial charge in [-0.25, -0.2) is 0 Å². The zero-order valence-electron chi connectivity index (χ0n) is 9.80. The van der Waals surface area contributed by atoms with Crippen LogP contribution < -0.4 is 0 Å². The molecular weight excluding hydrogens is 216 g/mol. The van der Waals surface area contributed by atoms with E-state index in [-0.39, 0.29) is 0 Å². The molecule has 0 aliphatic carbocycles. The average Bonchev–Trinajstić information content (AvgIpc) is 2.83. The lowest BCUT2D eigenvalue weighted by Gasteiger charge is -2.10. The molecule has 0 fully saturated rings. The van der Waals surface area contributed by atoms with Gasteiger partial charge in [0, 0.05) is 13.5 Å². The summed E-state index contributed by atoms with van der Waals surface area (Å²) in [6.07, 6.45) is 1.58. The van der Waals surface area contributed by atoms with Crippen LogP contribution in [0.5, 0.6) is 0 Å². The van der Waals surface area contributed by atoms with E-state index in [0.29, 0.717) is 13.0 Å². The molecule has 2 aromatic rings. The Labute approximate surface area is 101 Å². The van der Waals surface area contributed by atoms with E-state index in [4.69, 9.17) is 9.15 Å². The van der Waals surface area contributed by atoms with Crippen molar-refractivity contribution in [3.05, 3.63) is 59.5 Å². The van der Waals surface area contributed by atoms with E-state index < -0.39 is 6.10 Å². The molecule has 1 unspecified atom stereocenters. The minimum atomic E-state index is -0.530. The number of furan rings is 1. The topological polar surface area (TPSA) is 42.6 Å². The van der Waals surface area contributed by atoms with Gasteiger partial charge in [0.05, 0.1) is 19.0 Å². The maximum atomic E-state index is 10.0. The number of hydrogen-bond acceptors (Lipinski definition) is 3. The molecule has 0 radical (unpaired) electrons. The molecule has 1 N–H and O–H groups in total. The van der Waals surface area contributed by atoms with Gasteiger partial charge < -0.3 is 14.3 Å². The van der Waals surface area contributed by atoms with E-state index >= 15 is 0 Å².